The third-order valence-electron chi connectivity index (χ3n) is 6.80. The predicted octanol–water partition coefficient (Wildman–Crippen LogP) is 6.98. The number of nitro benzene ring substituents is 1. The highest BCUT2D eigenvalue weighted by Crippen LogP contribution is 2.58. The van der Waals surface area contributed by atoms with Crippen LogP contribution < -0.4 is 5.32 Å². The molecule has 0 spiro atoms. The van der Waals surface area contributed by atoms with Crippen LogP contribution in [-0.4, -0.2) is 21.3 Å². The highest BCUT2D eigenvalue weighted by Gasteiger charge is 2.50. The Labute approximate surface area is 205 Å². The molecule has 8 heteroatoms. The van der Waals surface area contributed by atoms with Gasteiger partial charge in [0.2, 0.25) is 0 Å². The topological polar surface area (TPSA) is 72.2 Å². The number of hydrogen-bond acceptors (Lipinski definition) is 5. The monoisotopic (exact) mass is 496 g/mol. The highest BCUT2D eigenvalue weighted by molar-refractivity contribution is 8.00. The zero-order valence-electron chi connectivity index (χ0n) is 18.3. The third-order valence-corrected chi connectivity index (χ3v) is 8.91. The van der Waals surface area contributed by atoms with Crippen molar-refractivity contribution in [3.63, 3.8) is 0 Å². The van der Waals surface area contributed by atoms with Gasteiger partial charge in [-0.05, 0) is 55.2 Å². The van der Waals surface area contributed by atoms with Gasteiger partial charge < -0.3 is 5.32 Å². The van der Waals surface area contributed by atoms with E-state index < -0.39 is 0 Å². The molecule has 1 heterocycles. The van der Waals surface area contributed by atoms with Gasteiger partial charge >= 0.3 is 0 Å². The molecule has 5 atom stereocenters. The van der Waals surface area contributed by atoms with Crippen LogP contribution in [-0.2, 0) is 0 Å². The van der Waals surface area contributed by atoms with Gasteiger partial charge in [0.15, 0.2) is 5.78 Å². The van der Waals surface area contributed by atoms with E-state index in [4.69, 9.17) is 11.6 Å². The van der Waals surface area contributed by atoms with Crippen molar-refractivity contribution >= 4 is 40.5 Å². The Balaban J connectivity index is 1.57. The molecule has 3 aromatic carbocycles. The Morgan fingerprint density at radius 1 is 1.12 bits per heavy atom. The molecule has 0 amide bonds. The smallest absolute Gasteiger partial charge is 0.282 e. The first-order valence-electron chi connectivity index (χ1n) is 11.0. The molecule has 3 aromatic rings. The summed E-state index contributed by atoms with van der Waals surface area (Å²) in [5.74, 6) is -0.509. The van der Waals surface area contributed by atoms with E-state index >= 15 is 0 Å². The number of halogens is 2. The van der Waals surface area contributed by atoms with Crippen molar-refractivity contribution in [1.29, 1.82) is 0 Å². The maximum atomic E-state index is 14.9. The SMILES string of the molecule is CC(=O)c1ccc2c(c1)[C@@H]1[C@H](Cl)[C@H](Sc3ccccc3[N+](=O)[O-])C[C@@H]1[C@H](c1ccccc1F)N2. The Hall–Kier alpha value is -2.90. The van der Waals surface area contributed by atoms with Crippen LogP contribution in [0.1, 0.15) is 46.8 Å². The van der Waals surface area contributed by atoms with Gasteiger partial charge in [0.25, 0.3) is 5.69 Å². The van der Waals surface area contributed by atoms with E-state index in [9.17, 15) is 19.3 Å². The molecule has 0 saturated heterocycles. The fourth-order valence-electron chi connectivity index (χ4n) is 5.24. The standard InChI is InChI=1S/C26H22ClFN2O3S/c1-14(31)15-10-11-20-17(12-15)24-18(26(29-20)16-6-2-3-7-19(16)28)13-23(25(24)27)34-22-9-5-4-8-21(22)30(32)33/h2-12,18,23-26,29H,13H2,1H3/t18-,23+,24-,25+,26-/m0/s1. The zero-order valence-corrected chi connectivity index (χ0v) is 19.9. The molecule has 5 nitrogen and oxygen atoms in total. The molecule has 34 heavy (non-hydrogen) atoms. The Bertz CT molecular complexity index is 1290. The van der Waals surface area contributed by atoms with Gasteiger partial charge in [0, 0.05) is 34.0 Å². The maximum absolute atomic E-state index is 14.9. The quantitative estimate of drug-likeness (QED) is 0.178. The van der Waals surface area contributed by atoms with Crippen molar-refractivity contribution in [2.75, 3.05) is 5.32 Å². The average molecular weight is 497 g/mol. The average Bonchev–Trinajstić information content (AvgIpc) is 3.15. The number of rotatable bonds is 5. The zero-order chi connectivity index (χ0) is 24.0. The number of thioether (sulfide) groups is 1. The minimum absolute atomic E-state index is 0.0365. The van der Waals surface area contributed by atoms with Crippen LogP contribution in [0.3, 0.4) is 0 Å². The van der Waals surface area contributed by atoms with E-state index in [1.165, 1.54) is 30.8 Å². The van der Waals surface area contributed by atoms with Gasteiger partial charge in [-0.2, -0.15) is 0 Å². The Morgan fingerprint density at radius 2 is 1.85 bits per heavy atom. The number of alkyl halides is 1. The van der Waals surface area contributed by atoms with Crippen LogP contribution in [0.5, 0.6) is 0 Å². The van der Waals surface area contributed by atoms with Crippen LogP contribution in [0, 0.1) is 21.8 Å². The van der Waals surface area contributed by atoms with Gasteiger partial charge in [-0.15, -0.1) is 23.4 Å². The second kappa shape index (κ2) is 9.04. The highest BCUT2D eigenvalue weighted by atomic mass is 35.5. The summed E-state index contributed by atoms with van der Waals surface area (Å²) in [4.78, 5) is 23.8. The second-order valence-corrected chi connectivity index (χ2v) is 10.5. The fourth-order valence-corrected chi connectivity index (χ4v) is 7.19. The van der Waals surface area contributed by atoms with Gasteiger partial charge in [-0.1, -0.05) is 30.3 Å². The number of ketones is 1. The predicted molar refractivity (Wildman–Crippen MR) is 132 cm³/mol. The van der Waals surface area contributed by atoms with Gasteiger partial charge in [0.1, 0.15) is 5.82 Å². The van der Waals surface area contributed by atoms with Gasteiger partial charge in [-0.3, -0.25) is 14.9 Å². The number of carbonyl (C=O) groups is 1. The van der Waals surface area contributed by atoms with Crippen molar-refractivity contribution in [3.05, 3.63) is 99.4 Å². The minimum atomic E-state index is -0.383. The number of Topliss-reactive ketones (excluding diaryl/α,β-unsaturated/α-hetero) is 1. The van der Waals surface area contributed by atoms with E-state index in [0.717, 1.165) is 11.3 Å². The van der Waals surface area contributed by atoms with Crippen LogP contribution >= 0.6 is 23.4 Å². The molecule has 0 aromatic heterocycles. The summed E-state index contributed by atoms with van der Waals surface area (Å²) in [6.07, 6.45) is 0.644. The van der Waals surface area contributed by atoms with Crippen molar-refractivity contribution in [1.82, 2.24) is 0 Å². The van der Waals surface area contributed by atoms with Crippen molar-refractivity contribution in [2.45, 2.75) is 40.8 Å². The normalized spacial score (nSPS) is 25.2. The fraction of sp³-hybridized carbons (Fsp3) is 0.269. The number of nitrogens with zero attached hydrogens (tertiary/aromatic N) is 1. The summed E-state index contributed by atoms with van der Waals surface area (Å²) >= 11 is 8.49. The lowest BCUT2D eigenvalue weighted by molar-refractivity contribution is -0.387. The lowest BCUT2D eigenvalue weighted by Crippen LogP contribution is -2.31. The van der Waals surface area contributed by atoms with E-state index in [-0.39, 0.29) is 50.7 Å². The first-order valence-corrected chi connectivity index (χ1v) is 12.4. The largest absolute Gasteiger partial charge is 0.378 e. The molecule has 0 bridgehead atoms. The van der Waals surface area contributed by atoms with Crippen molar-refractivity contribution in [2.24, 2.45) is 5.92 Å². The maximum Gasteiger partial charge on any atom is 0.282 e. The molecule has 1 saturated carbocycles. The van der Waals surface area contributed by atoms with E-state index in [0.29, 0.717) is 22.4 Å². The summed E-state index contributed by atoms with van der Waals surface area (Å²) in [6, 6.07) is 18.6. The van der Waals surface area contributed by atoms with Crippen LogP contribution in [0.25, 0.3) is 0 Å². The first-order chi connectivity index (χ1) is 16.3. The number of nitrogens with one attached hydrogen (secondary N) is 1. The Kier molecular flexibility index (Phi) is 6.08. The molecule has 5 rings (SSSR count). The number of hydrogen-bond donors (Lipinski definition) is 1. The molecule has 174 valence electrons. The number of para-hydroxylation sites is 1. The molecule has 1 fully saturated rings. The molecule has 0 radical (unpaired) electrons. The van der Waals surface area contributed by atoms with Crippen LogP contribution in [0.4, 0.5) is 15.8 Å². The van der Waals surface area contributed by atoms with Crippen LogP contribution in [0.2, 0.25) is 0 Å². The second-order valence-electron chi connectivity index (χ2n) is 8.75. The van der Waals surface area contributed by atoms with E-state index in [1.54, 1.807) is 36.4 Å². The van der Waals surface area contributed by atoms with Crippen molar-refractivity contribution < 1.29 is 14.1 Å². The van der Waals surface area contributed by atoms with Crippen molar-refractivity contribution in [3.8, 4) is 0 Å². The summed E-state index contributed by atoms with van der Waals surface area (Å²) in [5.41, 5.74) is 2.99. The summed E-state index contributed by atoms with van der Waals surface area (Å²) in [6.45, 7) is 1.53. The molecule has 0 unspecified atom stereocenters. The number of nitro groups is 1. The number of fused-ring (bicyclic) bond motifs is 3. The summed E-state index contributed by atoms with van der Waals surface area (Å²) in [5, 5.41) is 14.6. The summed E-state index contributed by atoms with van der Waals surface area (Å²) in [7, 11) is 0. The van der Waals surface area contributed by atoms with E-state index in [2.05, 4.69) is 5.32 Å². The lowest BCUT2D eigenvalue weighted by Gasteiger charge is -2.38. The number of anilines is 1. The molecule has 1 aliphatic carbocycles. The Morgan fingerprint density at radius 3 is 2.59 bits per heavy atom. The minimum Gasteiger partial charge on any atom is -0.378 e. The molecular weight excluding hydrogens is 475 g/mol. The van der Waals surface area contributed by atoms with Crippen LogP contribution in [0.15, 0.2) is 71.6 Å². The lowest BCUT2D eigenvalue weighted by atomic mass is 9.76. The third kappa shape index (κ3) is 3.97. The molecule has 2 aliphatic rings. The summed E-state index contributed by atoms with van der Waals surface area (Å²) < 4.78 is 14.9. The molecule has 1 aliphatic heterocycles. The van der Waals surface area contributed by atoms with Gasteiger partial charge in [-0.25, -0.2) is 4.39 Å². The number of benzene rings is 3. The van der Waals surface area contributed by atoms with E-state index in [1.807, 2.05) is 18.2 Å². The molecular formula is C26H22ClFN2O3S. The first kappa shape index (κ1) is 22.9. The van der Waals surface area contributed by atoms with Gasteiger partial charge in [0.05, 0.1) is 21.2 Å². The molecule has 1 N–H and O–H groups in total. The number of carbonyl (C=O) groups excluding carboxylic acids is 1.